The van der Waals surface area contributed by atoms with Crippen molar-refractivity contribution in [2.45, 2.75) is 25.7 Å². The summed E-state index contributed by atoms with van der Waals surface area (Å²) in [6, 6.07) is 3.87. The molecule has 0 spiro atoms. The SMILES string of the molecule is NC(=S)c1cc(-n2cnc3c2CCCC3)ccn1. The van der Waals surface area contributed by atoms with Gasteiger partial charge in [-0.25, -0.2) is 4.98 Å². The molecule has 4 nitrogen and oxygen atoms in total. The summed E-state index contributed by atoms with van der Waals surface area (Å²) in [4.78, 5) is 8.97. The van der Waals surface area contributed by atoms with Crippen LogP contribution in [0.1, 0.15) is 29.9 Å². The minimum Gasteiger partial charge on any atom is -0.388 e. The van der Waals surface area contributed by atoms with Gasteiger partial charge in [0.15, 0.2) is 0 Å². The second kappa shape index (κ2) is 4.49. The molecule has 3 rings (SSSR count). The maximum Gasteiger partial charge on any atom is 0.122 e. The molecule has 2 N–H and O–H groups in total. The average Bonchev–Trinajstić information content (AvgIpc) is 2.82. The molecule has 18 heavy (non-hydrogen) atoms. The van der Waals surface area contributed by atoms with Crippen LogP contribution >= 0.6 is 12.2 Å². The summed E-state index contributed by atoms with van der Waals surface area (Å²) in [5, 5.41) is 0. The Bertz CT molecular complexity index is 603. The van der Waals surface area contributed by atoms with Crippen molar-refractivity contribution >= 4 is 17.2 Å². The van der Waals surface area contributed by atoms with Crippen LogP contribution in [-0.4, -0.2) is 19.5 Å². The van der Waals surface area contributed by atoms with Gasteiger partial charge in [-0.3, -0.25) is 4.98 Å². The Labute approximate surface area is 111 Å². The van der Waals surface area contributed by atoms with Crippen molar-refractivity contribution in [2.24, 2.45) is 5.73 Å². The quantitative estimate of drug-likeness (QED) is 0.834. The number of hydrogen-bond donors (Lipinski definition) is 1. The van der Waals surface area contributed by atoms with Crippen LogP contribution in [0.25, 0.3) is 5.69 Å². The van der Waals surface area contributed by atoms with E-state index in [1.54, 1.807) is 6.20 Å². The smallest absolute Gasteiger partial charge is 0.122 e. The number of fused-ring (bicyclic) bond motifs is 1. The molecule has 92 valence electrons. The molecule has 1 aliphatic rings. The molecule has 0 radical (unpaired) electrons. The molecular weight excluding hydrogens is 244 g/mol. The highest BCUT2D eigenvalue weighted by Crippen LogP contribution is 2.23. The van der Waals surface area contributed by atoms with Gasteiger partial charge in [-0.1, -0.05) is 12.2 Å². The van der Waals surface area contributed by atoms with Crippen LogP contribution in [-0.2, 0) is 12.8 Å². The summed E-state index contributed by atoms with van der Waals surface area (Å²) >= 11 is 4.96. The molecule has 0 aliphatic heterocycles. The number of aromatic nitrogens is 3. The van der Waals surface area contributed by atoms with Gasteiger partial charge in [0.1, 0.15) is 4.99 Å². The molecule has 2 heterocycles. The second-order valence-electron chi connectivity index (χ2n) is 4.48. The number of aryl methyl sites for hydroxylation is 1. The van der Waals surface area contributed by atoms with Gasteiger partial charge < -0.3 is 10.3 Å². The summed E-state index contributed by atoms with van der Waals surface area (Å²) in [6.45, 7) is 0. The molecule has 0 amide bonds. The third kappa shape index (κ3) is 1.90. The van der Waals surface area contributed by atoms with Crippen LogP contribution in [0.4, 0.5) is 0 Å². The van der Waals surface area contributed by atoms with Crippen LogP contribution in [0, 0.1) is 0 Å². The number of rotatable bonds is 2. The molecule has 0 fully saturated rings. The van der Waals surface area contributed by atoms with E-state index in [1.165, 1.54) is 24.2 Å². The molecule has 0 saturated heterocycles. The van der Waals surface area contributed by atoms with Crippen molar-refractivity contribution < 1.29 is 0 Å². The highest BCUT2D eigenvalue weighted by molar-refractivity contribution is 7.80. The highest BCUT2D eigenvalue weighted by atomic mass is 32.1. The zero-order chi connectivity index (χ0) is 12.5. The van der Waals surface area contributed by atoms with E-state index in [4.69, 9.17) is 18.0 Å². The Kier molecular flexibility index (Phi) is 2.83. The first-order chi connectivity index (χ1) is 8.75. The van der Waals surface area contributed by atoms with E-state index >= 15 is 0 Å². The zero-order valence-corrected chi connectivity index (χ0v) is 10.8. The predicted octanol–water partition coefficient (Wildman–Crippen LogP) is 1.78. The topological polar surface area (TPSA) is 56.7 Å². The van der Waals surface area contributed by atoms with Crippen LogP contribution in [0.15, 0.2) is 24.7 Å². The lowest BCUT2D eigenvalue weighted by molar-refractivity contribution is 0.656. The third-order valence-electron chi connectivity index (χ3n) is 3.30. The van der Waals surface area contributed by atoms with E-state index in [1.807, 2.05) is 18.5 Å². The number of thiocarbonyl (C=S) groups is 1. The molecular formula is C13H14N4S. The maximum atomic E-state index is 5.62. The van der Waals surface area contributed by atoms with Crippen molar-refractivity contribution in [3.63, 3.8) is 0 Å². The van der Waals surface area contributed by atoms with Gasteiger partial charge in [0, 0.05) is 11.9 Å². The Morgan fingerprint density at radius 2 is 2.11 bits per heavy atom. The molecule has 0 saturated carbocycles. The molecule has 0 aromatic carbocycles. The fraction of sp³-hybridized carbons (Fsp3) is 0.308. The number of nitrogens with zero attached hydrogens (tertiary/aromatic N) is 3. The molecule has 2 aromatic heterocycles. The summed E-state index contributed by atoms with van der Waals surface area (Å²) in [7, 11) is 0. The second-order valence-corrected chi connectivity index (χ2v) is 4.92. The lowest BCUT2D eigenvalue weighted by atomic mass is 10.0. The maximum absolute atomic E-state index is 5.62. The molecule has 0 bridgehead atoms. The normalized spacial score (nSPS) is 14.2. The third-order valence-corrected chi connectivity index (χ3v) is 3.51. The van der Waals surface area contributed by atoms with Gasteiger partial charge in [-0.05, 0) is 37.8 Å². The van der Waals surface area contributed by atoms with Crippen LogP contribution in [0.3, 0.4) is 0 Å². The summed E-state index contributed by atoms with van der Waals surface area (Å²) in [6.07, 6.45) is 8.24. The van der Waals surface area contributed by atoms with E-state index < -0.39 is 0 Å². The van der Waals surface area contributed by atoms with Crippen molar-refractivity contribution in [1.29, 1.82) is 0 Å². The summed E-state index contributed by atoms with van der Waals surface area (Å²) < 4.78 is 2.12. The van der Waals surface area contributed by atoms with E-state index in [-0.39, 0.29) is 0 Å². The summed E-state index contributed by atoms with van der Waals surface area (Å²) in [5.41, 5.74) is 9.83. The molecule has 1 aliphatic carbocycles. The van der Waals surface area contributed by atoms with Gasteiger partial charge in [0.25, 0.3) is 0 Å². The molecule has 5 heteroatoms. The van der Waals surface area contributed by atoms with Crippen molar-refractivity contribution in [1.82, 2.24) is 14.5 Å². The number of nitrogens with two attached hydrogens (primary N) is 1. The number of imidazole rings is 1. The molecule has 0 unspecified atom stereocenters. The largest absolute Gasteiger partial charge is 0.388 e. The fourth-order valence-corrected chi connectivity index (χ4v) is 2.51. The number of hydrogen-bond acceptors (Lipinski definition) is 3. The Morgan fingerprint density at radius 1 is 1.28 bits per heavy atom. The average molecular weight is 258 g/mol. The van der Waals surface area contributed by atoms with Crippen LogP contribution < -0.4 is 5.73 Å². The minimum absolute atomic E-state index is 0.325. The van der Waals surface area contributed by atoms with E-state index in [0.29, 0.717) is 10.7 Å². The predicted molar refractivity (Wildman–Crippen MR) is 73.9 cm³/mol. The van der Waals surface area contributed by atoms with Crippen LogP contribution in [0.5, 0.6) is 0 Å². The van der Waals surface area contributed by atoms with E-state index in [9.17, 15) is 0 Å². The van der Waals surface area contributed by atoms with E-state index in [2.05, 4.69) is 14.5 Å². The first-order valence-corrected chi connectivity index (χ1v) is 6.48. The van der Waals surface area contributed by atoms with Gasteiger partial charge in [-0.15, -0.1) is 0 Å². The van der Waals surface area contributed by atoms with E-state index in [0.717, 1.165) is 18.5 Å². The molecule has 0 atom stereocenters. The van der Waals surface area contributed by atoms with Gasteiger partial charge in [0.05, 0.1) is 23.4 Å². The minimum atomic E-state index is 0.325. The van der Waals surface area contributed by atoms with Gasteiger partial charge >= 0.3 is 0 Å². The fourth-order valence-electron chi connectivity index (χ4n) is 2.40. The molecule has 2 aromatic rings. The Hall–Kier alpha value is -1.75. The zero-order valence-electron chi connectivity index (χ0n) is 9.97. The standard InChI is InChI=1S/C13H14N4S/c14-13(18)11-7-9(5-6-15-11)17-8-16-10-3-1-2-4-12(10)17/h5-8H,1-4H2,(H2,14,18). The van der Waals surface area contributed by atoms with Crippen molar-refractivity contribution in [3.05, 3.63) is 41.7 Å². The first kappa shape index (κ1) is 11.3. The Balaban J connectivity index is 2.07. The van der Waals surface area contributed by atoms with Gasteiger partial charge in [-0.2, -0.15) is 0 Å². The van der Waals surface area contributed by atoms with Crippen LogP contribution in [0.2, 0.25) is 0 Å². The lowest BCUT2D eigenvalue weighted by Gasteiger charge is -2.14. The van der Waals surface area contributed by atoms with Crippen molar-refractivity contribution in [3.8, 4) is 5.69 Å². The summed E-state index contributed by atoms with van der Waals surface area (Å²) in [5.74, 6) is 0. The lowest BCUT2D eigenvalue weighted by Crippen LogP contribution is -2.13. The number of pyridine rings is 1. The highest BCUT2D eigenvalue weighted by Gasteiger charge is 2.16. The van der Waals surface area contributed by atoms with Gasteiger partial charge in [0.2, 0.25) is 0 Å². The van der Waals surface area contributed by atoms with Crippen molar-refractivity contribution in [2.75, 3.05) is 0 Å². The monoisotopic (exact) mass is 258 g/mol. The Morgan fingerprint density at radius 3 is 2.94 bits per heavy atom. The first-order valence-electron chi connectivity index (χ1n) is 6.07.